The molecule has 0 saturated heterocycles. The van der Waals surface area contributed by atoms with E-state index in [1.54, 1.807) is 30.4 Å². The first-order valence-corrected chi connectivity index (χ1v) is 6.38. The monoisotopic (exact) mass is 264 g/mol. The van der Waals surface area contributed by atoms with E-state index >= 15 is 0 Å². The highest BCUT2D eigenvalue weighted by Crippen LogP contribution is 2.26. The molecule has 2 rings (SSSR count). The number of carbonyl (C=O) groups is 2. The molecular weight excluding hydrogens is 252 g/mol. The highest BCUT2D eigenvalue weighted by atomic mass is 32.1. The molecule has 1 unspecified atom stereocenters. The Morgan fingerprint density at radius 3 is 2.83 bits per heavy atom. The number of benzene rings is 1. The van der Waals surface area contributed by atoms with Crippen LogP contribution in [0.5, 0.6) is 0 Å². The number of carbonyl (C=O) groups excluding carboxylic acids is 1. The molecule has 1 aromatic carbocycles. The summed E-state index contributed by atoms with van der Waals surface area (Å²) < 4.78 is 5.86. The first-order chi connectivity index (χ1) is 8.63. The predicted molar refractivity (Wildman–Crippen MR) is 68.8 cm³/mol. The quantitative estimate of drug-likeness (QED) is 0.681. The number of hydrogen-bond acceptors (Lipinski definition) is 4. The molecule has 18 heavy (non-hydrogen) atoms. The van der Waals surface area contributed by atoms with E-state index in [0.29, 0.717) is 5.56 Å². The summed E-state index contributed by atoms with van der Waals surface area (Å²) in [6, 6.07) is 7.11. The minimum Gasteiger partial charge on any atom is -0.480 e. The van der Waals surface area contributed by atoms with Crippen molar-refractivity contribution in [2.45, 2.75) is 12.8 Å². The van der Waals surface area contributed by atoms with Crippen LogP contribution in [0.15, 0.2) is 29.6 Å². The summed E-state index contributed by atoms with van der Waals surface area (Å²) in [6.45, 7) is 1.82. The Morgan fingerprint density at radius 2 is 2.17 bits per heavy atom. The summed E-state index contributed by atoms with van der Waals surface area (Å²) >= 11 is 1.57. The Kier molecular flexibility index (Phi) is 3.62. The number of fused-ring (bicyclic) bond motifs is 1. The Morgan fingerprint density at radius 1 is 1.39 bits per heavy atom. The lowest BCUT2D eigenvalue weighted by atomic mass is 9.98. The number of thiophene rings is 1. The molecule has 0 bridgehead atoms. The van der Waals surface area contributed by atoms with Gasteiger partial charge >= 0.3 is 11.9 Å². The number of aliphatic carboxylic acids is 1. The lowest BCUT2D eigenvalue weighted by Crippen LogP contribution is -2.23. The molecule has 0 fully saturated rings. The number of carboxylic acid groups (broad SMARTS) is 1. The molecule has 1 aromatic heterocycles. The fourth-order valence-electron chi connectivity index (χ4n) is 1.77. The molecule has 1 atom stereocenters. The van der Waals surface area contributed by atoms with Crippen LogP contribution in [0.1, 0.15) is 18.4 Å². The third-order valence-electron chi connectivity index (χ3n) is 2.58. The maximum atomic E-state index is 11.7. The second-order valence-electron chi connectivity index (χ2n) is 3.74. The molecule has 0 aliphatic carbocycles. The van der Waals surface area contributed by atoms with Gasteiger partial charge in [0.2, 0.25) is 0 Å². The zero-order valence-electron chi connectivity index (χ0n) is 9.75. The number of rotatable bonds is 4. The van der Waals surface area contributed by atoms with Crippen molar-refractivity contribution < 1.29 is 19.4 Å². The van der Waals surface area contributed by atoms with Crippen LogP contribution in [0.25, 0.3) is 10.1 Å². The van der Waals surface area contributed by atoms with Gasteiger partial charge in [-0.1, -0.05) is 6.07 Å². The molecule has 1 N–H and O–H groups in total. The van der Waals surface area contributed by atoms with Crippen molar-refractivity contribution in [3.05, 3.63) is 35.2 Å². The Balaban J connectivity index is 2.40. The molecule has 0 aliphatic heterocycles. The van der Waals surface area contributed by atoms with E-state index in [0.717, 1.165) is 10.1 Å². The first kappa shape index (κ1) is 12.6. The molecule has 2 aromatic rings. The molecule has 0 saturated carbocycles. The van der Waals surface area contributed by atoms with Crippen LogP contribution in [-0.2, 0) is 14.3 Å². The molecule has 0 aliphatic rings. The number of hydrogen-bond donors (Lipinski definition) is 1. The van der Waals surface area contributed by atoms with E-state index in [-0.39, 0.29) is 6.61 Å². The fraction of sp³-hybridized carbons (Fsp3) is 0.231. The SMILES string of the molecule is CCOC(=O)C(C(=O)O)c1ccc2sccc2c1. The van der Waals surface area contributed by atoms with Crippen molar-refractivity contribution in [1.29, 1.82) is 0 Å². The van der Waals surface area contributed by atoms with Gasteiger partial charge in [-0.05, 0) is 41.5 Å². The van der Waals surface area contributed by atoms with Gasteiger partial charge in [0.1, 0.15) is 0 Å². The maximum Gasteiger partial charge on any atom is 0.324 e. The fourth-order valence-corrected chi connectivity index (χ4v) is 2.54. The third kappa shape index (κ3) is 2.36. The Hall–Kier alpha value is -1.88. The minimum atomic E-state index is -1.26. The molecule has 0 spiro atoms. The average molecular weight is 264 g/mol. The Labute approximate surface area is 108 Å². The maximum absolute atomic E-state index is 11.7. The van der Waals surface area contributed by atoms with Gasteiger partial charge in [-0.2, -0.15) is 0 Å². The van der Waals surface area contributed by atoms with Gasteiger partial charge in [0.25, 0.3) is 0 Å². The smallest absolute Gasteiger partial charge is 0.324 e. The minimum absolute atomic E-state index is 0.170. The van der Waals surface area contributed by atoms with Crippen molar-refractivity contribution >= 4 is 33.4 Å². The van der Waals surface area contributed by atoms with Crippen LogP contribution < -0.4 is 0 Å². The largest absolute Gasteiger partial charge is 0.480 e. The normalized spacial score (nSPS) is 12.3. The second-order valence-corrected chi connectivity index (χ2v) is 4.69. The summed E-state index contributed by atoms with van der Waals surface area (Å²) in [6.07, 6.45) is 0. The molecular formula is C13H12O4S. The molecule has 1 heterocycles. The molecule has 0 radical (unpaired) electrons. The summed E-state index contributed by atoms with van der Waals surface area (Å²) in [5.41, 5.74) is 0.451. The molecule has 4 nitrogen and oxygen atoms in total. The first-order valence-electron chi connectivity index (χ1n) is 5.50. The summed E-state index contributed by atoms with van der Waals surface area (Å²) in [7, 11) is 0. The molecule has 0 amide bonds. The van der Waals surface area contributed by atoms with Gasteiger partial charge in [0, 0.05) is 4.70 Å². The van der Waals surface area contributed by atoms with Crippen LogP contribution in [-0.4, -0.2) is 23.7 Å². The number of carboxylic acids is 1. The molecule has 5 heteroatoms. The van der Waals surface area contributed by atoms with Gasteiger partial charge in [-0.15, -0.1) is 11.3 Å². The standard InChI is InChI=1S/C13H12O4S/c1-2-17-13(16)11(12(14)15)9-3-4-10-8(7-9)5-6-18-10/h3-7,11H,2H2,1H3,(H,14,15). The summed E-state index contributed by atoms with van der Waals surface area (Å²) in [5.74, 6) is -3.17. The van der Waals surface area contributed by atoms with E-state index in [1.807, 2.05) is 17.5 Å². The topological polar surface area (TPSA) is 63.6 Å². The lowest BCUT2D eigenvalue weighted by molar-refractivity contribution is -0.153. The van der Waals surface area contributed by atoms with E-state index in [9.17, 15) is 9.59 Å². The van der Waals surface area contributed by atoms with Crippen molar-refractivity contribution in [3.8, 4) is 0 Å². The van der Waals surface area contributed by atoms with E-state index in [1.165, 1.54) is 0 Å². The second kappa shape index (κ2) is 5.18. The van der Waals surface area contributed by atoms with Gasteiger partial charge in [-0.3, -0.25) is 9.59 Å². The van der Waals surface area contributed by atoms with E-state index in [4.69, 9.17) is 9.84 Å². The Bertz CT molecular complexity index is 587. The van der Waals surface area contributed by atoms with Crippen LogP contribution in [0.2, 0.25) is 0 Å². The van der Waals surface area contributed by atoms with E-state index in [2.05, 4.69) is 0 Å². The van der Waals surface area contributed by atoms with Gasteiger partial charge in [-0.25, -0.2) is 0 Å². The van der Waals surface area contributed by atoms with E-state index < -0.39 is 17.9 Å². The van der Waals surface area contributed by atoms with Crippen molar-refractivity contribution in [2.75, 3.05) is 6.61 Å². The summed E-state index contributed by atoms with van der Waals surface area (Å²) in [5, 5.41) is 12.0. The lowest BCUT2D eigenvalue weighted by Gasteiger charge is -2.11. The zero-order chi connectivity index (χ0) is 13.1. The van der Waals surface area contributed by atoms with Gasteiger partial charge < -0.3 is 9.84 Å². The highest BCUT2D eigenvalue weighted by Gasteiger charge is 2.29. The van der Waals surface area contributed by atoms with Crippen LogP contribution in [0.4, 0.5) is 0 Å². The van der Waals surface area contributed by atoms with Crippen molar-refractivity contribution in [2.24, 2.45) is 0 Å². The van der Waals surface area contributed by atoms with Gasteiger partial charge in [0.05, 0.1) is 6.61 Å². The van der Waals surface area contributed by atoms with Gasteiger partial charge in [0.15, 0.2) is 5.92 Å². The predicted octanol–water partition coefficient (Wildman–Crippen LogP) is 2.63. The molecule has 94 valence electrons. The summed E-state index contributed by atoms with van der Waals surface area (Å²) in [4.78, 5) is 22.9. The van der Waals surface area contributed by atoms with Crippen LogP contribution in [0.3, 0.4) is 0 Å². The number of ether oxygens (including phenoxy) is 1. The van der Waals surface area contributed by atoms with Crippen molar-refractivity contribution in [1.82, 2.24) is 0 Å². The third-order valence-corrected chi connectivity index (χ3v) is 3.48. The average Bonchev–Trinajstić information content (AvgIpc) is 2.76. The van der Waals surface area contributed by atoms with Crippen LogP contribution >= 0.6 is 11.3 Å². The highest BCUT2D eigenvalue weighted by molar-refractivity contribution is 7.17. The van der Waals surface area contributed by atoms with Crippen LogP contribution in [0, 0.1) is 0 Å². The zero-order valence-corrected chi connectivity index (χ0v) is 10.6. The van der Waals surface area contributed by atoms with Crippen molar-refractivity contribution in [3.63, 3.8) is 0 Å². The number of esters is 1.